The Morgan fingerprint density at radius 3 is 2.43 bits per heavy atom. The molecule has 126 valence electrons. The molecule has 8 heteroatoms. The first-order valence-electron chi connectivity index (χ1n) is 7.37. The predicted molar refractivity (Wildman–Crippen MR) is 81.3 cm³/mol. The summed E-state index contributed by atoms with van der Waals surface area (Å²) in [5.41, 5.74) is -1.52. The van der Waals surface area contributed by atoms with Gasteiger partial charge in [0.2, 0.25) is 0 Å². The topological polar surface area (TPSA) is 93.5 Å². The van der Waals surface area contributed by atoms with Crippen molar-refractivity contribution >= 4 is 17.9 Å². The standard InChI is InChI=1S/C15H22N4O4/c1-14(2,3)23-11(20)6-8-15(10-7-9-18(4)17-10)12(21)19(5)13(22)16-15/h7,9H,6,8H2,1-5H3,(H,16,22). The van der Waals surface area contributed by atoms with E-state index < -0.39 is 29.0 Å². The lowest BCUT2D eigenvalue weighted by molar-refractivity contribution is -0.155. The van der Waals surface area contributed by atoms with Gasteiger partial charge in [0.05, 0.1) is 5.69 Å². The fourth-order valence-electron chi connectivity index (χ4n) is 2.49. The minimum atomic E-state index is -1.33. The summed E-state index contributed by atoms with van der Waals surface area (Å²) in [7, 11) is 3.12. The van der Waals surface area contributed by atoms with Crippen LogP contribution < -0.4 is 5.32 Å². The van der Waals surface area contributed by atoms with Crippen molar-refractivity contribution in [2.75, 3.05) is 7.05 Å². The number of esters is 1. The normalized spacial score (nSPS) is 21.5. The highest BCUT2D eigenvalue weighted by Crippen LogP contribution is 2.32. The van der Waals surface area contributed by atoms with Crippen LogP contribution in [0.3, 0.4) is 0 Å². The lowest BCUT2D eigenvalue weighted by Gasteiger charge is -2.25. The van der Waals surface area contributed by atoms with Gasteiger partial charge in [-0.25, -0.2) is 4.79 Å². The molecule has 0 saturated carbocycles. The number of amides is 3. The zero-order valence-corrected chi connectivity index (χ0v) is 14.0. The Balaban J connectivity index is 2.25. The summed E-state index contributed by atoms with van der Waals surface area (Å²) in [5, 5.41) is 6.91. The fraction of sp³-hybridized carbons (Fsp3) is 0.600. The van der Waals surface area contributed by atoms with E-state index >= 15 is 0 Å². The van der Waals surface area contributed by atoms with Gasteiger partial charge in [0.1, 0.15) is 5.60 Å². The number of imide groups is 1. The average Bonchev–Trinajstić information content (AvgIpc) is 2.94. The molecule has 1 atom stereocenters. The number of carbonyl (C=O) groups is 3. The molecular weight excluding hydrogens is 300 g/mol. The first kappa shape index (κ1) is 17.0. The number of rotatable bonds is 4. The molecule has 0 radical (unpaired) electrons. The summed E-state index contributed by atoms with van der Waals surface area (Å²) in [6.07, 6.45) is 1.77. The highest BCUT2D eigenvalue weighted by molar-refractivity contribution is 6.07. The predicted octanol–water partition coefficient (Wildman–Crippen LogP) is 0.919. The number of urea groups is 1. The van der Waals surface area contributed by atoms with Crippen molar-refractivity contribution in [3.63, 3.8) is 0 Å². The maximum absolute atomic E-state index is 12.6. The van der Waals surface area contributed by atoms with Gasteiger partial charge in [0.25, 0.3) is 5.91 Å². The Hall–Kier alpha value is -2.38. The molecule has 0 aromatic carbocycles. The molecule has 1 fully saturated rings. The molecule has 1 aromatic rings. The van der Waals surface area contributed by atoms with Gasteiger partial charge in [0.15, 0.2) is 5.54 Å². The van der Waals surface area contributed by atoms with Crippen molar-refractivity contribution in [3.8, 4) is 0 Å². The SMILES string of the molecule is CN1C(=O)NC(CCC(=O)OC(C)(C)C)(c2ccn(C)n2)C1=O. The van der Waals surface area contributed by atoms with Crippen LogP contribution in [-0.2, 0) is 26.9 Å². The Morgan fingerprint density at radius 1 is 1.35 bits per heavy atom. The lowest BCUT2D eigenvalue weighted by Crippen LogP contribution is -2.45. The van der Waals surface area contributed by atoms with Crippen LogP contribution in [0.2, 0.25) is 0 Å². The van der Waals surface area contributed by atoms with Crippen molar-refractivity contribution in [1.29, 1.82) is 0 Å². The van der Waals surface area contributed by atoms with E-state index in [4.69, 9.17) is 4.74 Å². The monoisotopic (exact) mass is 322 g/mol. The van der Waals surface area contributed by atoms with Crippen molar-refractivity contribution in [1.82, 2.24) is 20.0 Å². The van der Waals surface area contributed by atoms with E-state index in [1.165, 1.54) is 7.05 Å². The number of hydrogen-bond acceptors (Lipinski definition) is 5. The summed E-state index contributed by atoms with van der Waals surface area (Å²) in [6.45, 7) is 5.32. The van der Waals surface area contributed by atoms with Crippen molar-refractivity contribution in [3.05, 3.63) is 18.0 Å². The van der Waals surface area contributed by atoms with Crippen LogP contribution in [0.4, 0.5) is 4.79 Å². The number of hydrogen-bond donors (Lipinski definition) is 1. The first-order valence-corrected chi connectivity index (χ1v) is 7.37. The molecule has 1 N–H and O–H groups in total. The van der Waals surface area contributed by atoms with Gasteiger partial charge in [-0.3, -0.25) is 19.2 Å². The van der Waals surface area contributed by atoms with Gasteiger partial charge in [0, 0.05) is 26.7 Å². The summed E-state index contributed by atoms with van der Waals surface area (Å²) in [4.78, 5) is 37.5. The third-order valence-electron chi connectivity index (χ3n) is 3.57. The van der Waals surface area contributed by atoms with Crippen LogP contribution >= 0.6 is 0 Å². The number of nitrogens with one attached hydrogen (secondary N) is 1. The lowest BCUT2D eigenvalue weighted by atomic mass is 9.89. The number of carbonyl (C=O) groups excluding carboxylic acids is 3. The highest BCUT2D eigenvalue weighted by Gasteiger charge is 2.52. The number of ether oxygens (including phenoxy) is 1. The molecule has 2 rings (SSSR count). The van der Waals surface area contributed by atoms with Crippen LogP contribution in [0.1, 0.15) is 39.3 Å². The molecule has 1 aliphatic heterocycles. The first-order chi connectivity index (χ1) is 10.5. The van der Waals surface area contributed by atoms with E-state index in [0.717, 1.165) is 4.90 Å². The summed E-state index contributed by atoms with van der Waals surface area (Å²) < 4.78 is 6.81. The van der Waals surface area contributed by atoms with E-state index in [1.54, 1.807) is 44.8 Å². The molecule has 1 aromatic heterocycles. The fourth-order valence-corrected chi connectivity index (χ4v) is 2.49. The zero-order chi connectivity index (χ0) is 17.4. The van der Waals surface area contributed by atoms with Crippen molar-refractivity contribution < 1.29 is 19.1 Å². The van der Waals surface area contributed by atoms with Gasteiger partial charge in [-0.2, -0.15) is 5.10 Å². The van der Waals surface area contributed by atoms with Gasteiger partial charge in [-0.15, -0.1) is 0 Å². The van der Waals surface area contributed by atoms with Crippen LogP contribution in [0, 0.1) is 0 Å². The van der Waals surface area contributed by atoms with Gasteiger partial charge in [-0.1, -0.05) is 0 Å². The number of nitrogens with zero attached hydrogens (tertiary/aromatic N) is 3. The van der Waals surface area contributed by atoms with Crippen LogP contribution in [0.5, 0.6) is 0 Å². The quantitative estimate of drug-likeness (QED) is 0.657. The van der Waals surface area contributed by atoms with Crippen molar-refractivity contribution in [2.45, 2.75) is 44.8 Å². The molecule has 8 nitrogen and oxygen atoms in total. The van der Waals surface area contributed by atoms with E-state index in [9.17, 15) is 14.4 Å². The van der Waals surface area contributed by atoms with E-state index in [0.29, 0.717) is 5.69 Å². The Labute approximate surface area is 134 Å². The maximum Gasteiger partial charge on any atom is 0.325 e. The molecule has 0 spiro atoms. The Bertz CT molecular complexity index is 646. The Morgan fingerprint density at radius 2 is 2.00 bits per heavy atom. The number of likely N-dealkylation sites (N-methyl/N-ethyl adjacent to an activating group) is 1. The molecule has 1 saturated heterocycles. The number of aromatic nitrogens is 2. The molecule has 3 amide bonds. The highest BCUT2D eigenvalue weighted by atomic mass is 16.6. The Kier molecular flexibility index (Phi) is 4.19. The minimum absolute atomic E-state index is 0.00625. The zero-order valence-electron chi connectivity index (χ0n) is 14.0. The van der Waals surface area contributed by atoms with Gasteiger partial charge < -0.3 is 10.1 Å². The summed E-state index contributed by atoms with van der Waals surface area (Å²) in [6, 6.07) is 1.15. The van der Waals surface area contributed by atoms with Gasteiger partial charge in [-0.05, 0) is 33.3 Å². The molecule has 1 unspecified atom stereocenters. The summed E-state index contributed by atoms with van der Waals surface area (Å²) in [5.74, 6) is -0.853. The second kappa shape index (κ2) is 5.68. The van der Waals surface area contributed by atoms with Crippen LogP contribution in [-0.4, -0.2) is 45.2 Å². The maximum atomic E-state index is 12.6. The third-order valence-corrected chi connectivity index (χ3v) is 3.57. The van der Waals surface area contributed by atoms with E-state index in [1.807, 2.05) is 0 Å². The van der Waals surface area contributed by atoms with Gasteiger partial charge >= 0.3 is 12.0 Å². The largest absolute Gasteiger partial charge is 0.460 e. The van der Waals surface area contributed by atoms with Crippen molar-refractivity contribution in [2.24, 2.45) is 7.05 Å². The molecule has 1 aliphatic rings. The molecule has 0 aliphatic carbocycles. The molecule has 0 bridgehead atoms. The number of aryl methyl sites for hydroxylation is 1. The average molecular weight is 322 g/mol. The molecule has 2 heterocycles. The second-order valence-corrected chi connectivity index (χ2v) is 6.66. The van der Waals surface area contributed by atoms with Crippen LogP contribution in [0.15, 0.2) is 12.3 Å². The minimum Gasteiger partial charge on any atom is -0.460 e. The van der Waals surface area contributed by atoms with E-state index in [2.05, 4.69) is 10.4 Å². The molecular formula is C15H22N4O4. The van der Waals surface area contributed by atoms with E-state index in [-0.39, 0.29) is 12.8 Å². The molecule has 23 heavy (non-hydrogen) atoms. The summed E-state index contributed by atoms with van der Waals surface area (Å²) >= 11 is 0. The smallest absolute Gasteiger partial charge is 0.325 e. The second-order valence-electron chi connectivity index (χ2n) is 6.66. The van der Waals surface area contributed by atoms with Crippen LogP contribution in [0.25, 0.3) is 0 Å². The third kappa shape index (κ3) is 3.35.